The monoisotopic (exact) mass is 362 g/mol. The molecule has 134 valence electrons. The molecule has 1 heterocycles. The number of hydrogen-bond acceptors (Lipinski definition) is 6. The van der Waals surface area contributed by atoms with Crippen molar-refractivity contribution < 1.29 is 9.59 Å². The molecule has 25 heavy (non-hydrogen) atoms. The minimum absolute atomic E-state index is 0.297. The third-order valence-electron chi connectivity index (χ3n) is 3.26. The van der Waals surface area contributed by atoms with Gasteiger partial charge >= 0.3 is 6.03 Å². The lowest BCUT2D eigenvalue weighted by Crippen LogP contribution is -2.42. The van der Waals surface area contributed by atoms with Crippen LogP contribution in [-0.4, -0.2) is 37.4 Å². The van der Waals surface area contributed by atoms with Crippen LogP contribution >= 0.6 is 11.8 Å². The number of nitrogens with one attached hydrogen (secondary N) is 2. The lowest BCUT2D eigenvalue weighted by molar-refractivity contribution is -0.119. The van der Waals surface area contributed by atoms with E-state index in [2.05, 4.69) is 26.2 Å². The fourth-order valence-electron chi connectivity index (χ4n) is 1.92. The van der Waals surface area contributed by atoms with E-state index in [-0.39, 0.29) is 5.54 Å². The van der Waals surface area contributed by atoms with Gasteiger partial charge in [0.25, 0.3) is 0 Å². The quantitative estimate of drug-likeness (QED) is 0.788. The Morgan fingerprint density at radius 1 is 1.24 bits per heavy atom. The number of thioether (sulfide) groups is 1. The number of urea groups is 1. The SMILES string of the molecule is C[C@H](Sc1nnnn1C(C)(C)C)C(=O)NC(=O)NCc1ccccc1. The molecule has 0 spiro atoms. The highest BCUT2D eigenvalue weighted by atomic mass is 32.2. The molecule has 1 atom stereocenters. The van der Waals surface area contributed by atoms with Gasteiger partial charge < -0.3 is 5.32 Å². The van der Waals surface area contributed by atoms with E-state index in [0.29, 0.717) is 11.7 Å². The molecule has 2 N–H and O–H groups in total. The Bertz CT molecular complexity index is 726. The van der Waals surface area contributed by atoms with Gasteiger partial charge in [-0.2, -0.15) is 0 Å². The van der Waals surface area contributed by atoms with Crippen molar-refractivity contribution in [1.29, 1.82) is 0 Å². The van der Waals surface area contributed by atoms with Crippen molar-refractivity contribution in [2.75, 3.05) is 0 Å². The normalized spacial score (nSPS) is 12.5. The Balaban J connectivity index is 1.86. The Hall–Kier alpha value is -2.42. The molecule has 0 aliphatic carbocycles. The molecule has 3 amide bonds. The largest absolute Gasteiger partial charge is 0.334 e. The lowest BCUT2D eigenvalue weighted by Gasteiger charge is -2.20. The highest BCUT2D eigenvalue weighted by molar-refractivity contribution is 8.00. The molecule has 0 aliphatic rings. The number of aromatic nitrogens is 4. The molecule has 0 radical (unpaired) electrons. The average molecular weight is 362 g/mol. The molecule has 0 saturated carbocycles. The molecular weight excluding hydrogens is 340 g/mol. The van der Waals surface area contributed by atoms with Crippen LogP contribution in [0.5, 0.6) is 0 Å². The lowest BCUT2D eigenvalue weighted by atomic mass is 10.1. The first-order chi connectivity index (χ1) is 11.8. The van der Waals surface area contributed by atoms with Gasteiger partial charge in [0.05, 0.1) is 10.8 Å². The van der Waals surface area contributed by atoms with E-state index in [4.69, 9.17) is 0 Å². The van der Waals surface area contributed by atoms with E-state index in [1.54, 1.807) is 11.6 Å². The number of carbonyl (C=O) groups excluding carboxylic acids is 2. The summed E-state index contributed by atoms with van der Waals surface area (Å²) >= 11 is 1.20. The summed E-state index contributed by atoms with van der Waals surface area (Å²) in [6, 6.07) is 8.93. The van der Waals surface area contributed by atoms with Crippen molar-refractivity contribution >= 4 is 23.7 Å². The Morgan fingerprint density at radius 2 is 1.92 bits per heavy atom. The Labute approximate surface area is 150 Å². The summed E-state index contributed by atoms with van der Waals surface area (Å²) in [5.41, 5.74) is 0.659. The summed E-state index contributed by atoms with van der Waals surface area (Å²) in [6.07, 6.45) is 0. The first-order valence-electron chi connectivity index (χ1n) is 7.85. The van der Waals surface area contributed by atoms with Crippen LogP contribution in [0.3, 0.4) is 0 Å². The molecule has 8 nitrogen and oxygen atoms in total. The van der Waals surface area contributed by atoms with E-state index < -0.39 is 17.2 Å². The number of amides is 3. The minimum Gasteiger partial charge on any atom is -0.334 e. The van der Waals surface area contributed by atoms with Gasteiger partial charge in [-0.15, -0.1) is 5.10 Å². The number of tetrazole rings is 1. The summed E-state index contributed by atoms with van der Waals surface area (Å²) in [5.74, 6) is -0.404. The standard InChI is InChI=1S/C16H22N6O2S/c1-11(25-15-19-20-21-22(15)16(2,3)4)13(23)18-14(24)17-10-12-8-6-5-7-9-12/h5-9,11H,10H2,1-4H3,(H2,17,18,23,24)/t11-/m0/s1. The maximum absolute atomic E-state index is 12.2. The van der Waals surface area contributed by atoms with Crippen LogP contribution in [0, 0.1) is 0 Å². The fourth-order valence-corrected chi connectivity index (χ4v) is 2.90. The van der Waals surface area contributed by atoms with E-state index in [1.165, 1.54) is 11.8 Å². The number of rotatable bonds is 5. The first kappa shape index (κ1) is 18.9. The Kier molecular flexibility index (Phi) is 6.13. The summed E-state index contributed by atoms with van der Waals surface area (Å²) in [6.45, 7) is 7.95. The van der Waals surface area contributed by atoms with Crippen LogP contribution in [0.4, 0.5) is 4.79 Å². The third kappa shape index (κ3) is 5.56. The van der Waals surface area contributed by atoms with Crippen LogP contribution in [0.25, 0.3) is 0 Å². The first-order valence-corrected chi connectivity index (χ1v) is 8.73. The van der Waals surface area contributed by atoms with Crippen molar-refractivity contribution in [2.45, 2.75) is 50.2 Å². The van der Waals surface area contributed by atoms with Gasteiger partial charge in [-0.1, -0.05) is 42.1 Å². The molecule has 9 heteroatoms. The molecule has 0 aliphatic heterocycles. The fraction of sp³-hybridized carbons (Fsp3) is 0.438. The van der Waals surface area contributed by atoms with Gasteiger partial charge in [-0.05, 0) is 43.7 Å². The summed E-state index contributed by atoms with van der Waals surface area (Å²) < 4.78 is 1.65. The van der Waals surface area contributed by atoms with E-state index in [9.17, 15) is 9.59 Å². The Morgan fingerprint density at radius 3 is 2.56 bits per heavy atom. The zero-order valence-electron chi connectivity index (χ0n) is 14.7. The second-order valence-electron chi connectivity index (χ2n) is 6.46. The molecule has 2 rings (SSSR count). The predicted octanol–water partition coefficient (Wildman–Crippen LogP) is 1.93. The second kappa shape index (κ2) is 8.11. The highest BCUT2D eigenvalue weighted by Gasteiger charge is 2.24. The molecule has 1 aromatic carbocycles. The molecule has 0 saturated heterocycles. The van der Waals surface area contributed by atoms with Crippen molar-refractivity contribution in [2.24, 2.45) is 0 Å². The van der Waals surface area contributed by atoms with Crippen molar-refractivity contribution in [1.82, 2.24) is 30.8 Å². The molecule has 0 unspecified atom stereocenters. The maximum Gasteiger partial charge on any atom is 0.321 e. The molecule has 0 bridgehead atoms. The minimum atomic E-state index is -0.531. The molecular formula is C16H22N6O2S. The van der Waals surface area contributed by atoms with Crippen molar-refractivity contribution in [3.05, 3.63) is 35.9 Å². The van der Waals surface area contributed by atoms with Crippen LogP contribution in [0.1, 0.15) is 33.3 Å². The zero-order valence-corrected chi connectivity index (χ0v) is 15.5. The average Bonchev–Trinajstić information content (AvgIpc) is 3.02. The summed E-state index contributed by atoms with van der Waals surface area (Å²) in [5, 5.41) is 16.5. The van der Waals surface area contributed by atoms with Crippen LogP contribution in [0.2, 0.25) is 0 Å². The van der Waals surface area contributed by atoms with Crippen LogP contribution in [-0.2, 0) is 16.9 Å². The number of nitrogens with zero attached hydrogens (tertiary/aromatic N) is 4. The third-order valence-corrected chi connectivity index (χ3v) is 4.29. The summed E-state index contributed by atoms with van der Waals surface area (Å²) in [4.78, 5) is 24.0. The van der Waals surface area contributed by atoms with Gasteiger partial charge in [-0.25, -0.2) is 9.48 Å². The second-order valence-corrected chi connectivity index (χ2v) is 7.77. The van der Waals surface area contributed by atoms with Gasteiger partial charge in [0, 0.05) is 6.54 Å². The van der Waals surface area contributed by atoms with E-state index >= 15 is 0 Å². The predicted molar refractivity (Wildman–Crippen MR) is 95.0 cm³/mol. The number of carbonyl (C=O) groups is 2. The van der Waals surface area contributed by atoms with Crippen LogP contribution < -0.4 is 10.6 Å². The smallest absolute Gasteiger partial charge is 0.321 e. The van der Waals surface area contributed by atoms with E-state index in [0.717, 1.165) is 5.56 Å². The summed E-state index contributed by atoms with van der Waals surface area (Å²) in [7, 11) is 0. The topological polar surface area (TPSA) is 102 Å². The van der Waals surface area contributed by atoms with Crippen LogP contribution in [0.15, 0.2) is 35.5 Å². The van der Waals surface area contributed by atoms with Gasteiger partial charge in [-0.3, -0.25) is 10.1 Å². The van der Waals surface area contributed by atoms with Gasteiger partial charge in [0.15, 0.2) is 0 Å². The van der Waals surface area contributed by atoms with E-state index in [1.807, 2.05) is 51.1 Å². The molecule has 1 aromatic heterocycles. The van der Waals surface area contributed by atoms with Gasteiger partial charge in [0.1, 0.15) is 0 Å². The zero-order chi connectivity index (χ0) is 18.4. The molecule has 0 fully saturated rings. The van der Waals surface area contributed by atoms with Gasteiger partial charge in [0.2, 0.25) is 11.1 Å². The maximum atomic E-state index is 12.2. The number of imide groups is 1. The van der Waals surface area contributed by atoms with Crippen molar-refractivity contribution in [3.63, 3.8) is 0 Å². The highest BCUT2D eigenvalue weighted by Crippen LogP contribution is 2.24. The molecule has 2 aromatic rings. The number of benzene rings is 1. The number of hydrogen-bond donors (Lipinski definition) is 2. The van der Waals surface area contributed by atoms with Crippen molar-refractivity contribution in [3.8, 4) is 0 Å².